The highest BCUT2D eigenvalue weighted by molar-refractivity contribution is 6.05. The van der Waals surface area contributed by atoms with Crippen LogP contribution in [0.2, 0.25) is 0 Å². The fraction of sp³-hybridized carbons (Fsp3) is 0.353. The van der Waals surface area contributed by atoms with E-state index in [1.54, 1.807) is 4.68 Å². The largest absolute Gasteiger partial charge is 0.382 e. The highest BCUT2D eigenvalue weighted by Gasteiger charge is 2.29. The first-order valence-corrected chi connectivity index (χ1v) is 7.69. The molecule has 1 unspecified atom stereocenters. The molecule has 1 amide bonds. The smallest absolute Gasteiger partial charge is 0.269 e. The lowest BCUT2D eigenvalue weighted by Crippen LogP contribution is -2.29. The van der Waals surface area contributed by atoms with E-state index in [1.807, 2.05) is 57.2 Å². The molecule has 1 atom stereocenters. The molecule has 1 aliphatic rings. The van der Waals surface area contributed by atoms with E-state index in [2.05, 4.69) is 15.6 Å². The second kappa shape index (κ2) is 6.24. The summed E-state index contributed by atoms with van der Waals surface area (Å²) in [5, 5.41) is 11.3. The fourth-order valence-electron chi connectivity index (χ4n) is 2.53. The average molecular weight is 312 g/mol. The summed E-state index contributed by atoms with van der Waals surface area (Å²) in [7, 11) is 0. The molecule has 3 rings (SSSR count). The summed E-state index contributed by atoms with van der Waals surface area (Å²) in [6.07, 6.45) is -0.147. The summed E-state index contributed by atoms with van der Waals surface area (Å²) in [5.41, 5.74) is 2.63. The molecular formula is C17H20N4O2. The topological polar surface area (TPSA) is 68.5 Å². The van der Waals surface area contributed by atoms with Gasteiger partial charge in [0.25, 0.3) is 5.91 Å². The van der Waals surface area contributed by atoms with Crippen molar-refractivity contribution in [3.63, 3.8) is 0 Å². The second-order valence-electron chi connectivity index (χ2n) is 5.90. The van der Waals surface area contributed by atoms with Crippen LogP contribution in [0.25, 0.3) is 0 Å². The number of carbonyl (C=O) groups excluding carboxylic acids is 1. The van der Waals surface area contributed by atoms with Crippen LogP contribution in [0.3, 0.4) is 0 Å². The highest BCUT2D eigenvalue weighted by atomic mass is 16.6. The van der Waals surface area contributed by atoms with Crippen LogP contribution in [0, 0.1) is 6.92 Å². The number of nitrogens with zero attached hydrogens (tertiary/aromatic N) is 3. The zero-order chi connectivity index (χ0) is 16.4. The zero-order valence-electron chi connectivity index (χ0n) is 13.5. The summed E-state index contributed by atoms with van der Waals surface area (Å²) >= 11 is 0. The first kappa shape index (κ1) is 15.3. The van der Waals surface area contributed by atoms with Crippen LogP contribution < -0.4 is 5.32 Å². The molecule has 1 N–H and O–H groups in total. The van der Waals surface area contributed by atoms with Crippen LogP contribution in [0.4, 0.5) is 5.82 Å². The number of oxime groups is 1. The number of hydrogen-bond acceptors (Lipinski definition) is 4. The highest BCUT2D eigenvalue weighted by Crippen LogP contribution is 2.20. The molecule has 6 heteroatoms. The lowest BCUT2D eigenvalue weighted by Gasteiger charge is -2.13. The fourth-order valence-corrected chi connectivity index (χ4v) is 2.53. The van der Waals surface area contributed by atoms with Gasteiger partial charge in [0.15, 0.2) is 0 Å². The molecule has 120 valence electrons. The molecule has 2 aromatic rings. The van der Waals surface area contributed by atoms with Gasteiger partial charge in [-0.25, -0.2) is 4.68 Å². The Bertz CT molecular complexity index is 734. The summed E-state index contributed by atoms with van der Waals surface area (Å²) in [4.78, 5) is 17.7. The maximum atomic E-state index is 12.4. The third kappa shape index (κ3) is 3.26. The molecule has 0 saturated heterocycles. The first-order valence-electron chi connectivity index (χ1n) is 7.69. The van der Waals surface area contributed by atoms with Crippen molar-refractivity contribution in [3.05, 3.63) is 47.7 Å². The van der Waals surface area contributed by atoms with Crippen LogP contribution in [-0.2, 0) is 9.63 Å². The number of rotatable bonds is 4. The lowest BCUT2D eigenvalue weighted by atomic mass is 10.0. The van der Waals surface area contributed by atoms with Crippen molar-refractivity contribution in [1.82, 2.24) is 9.78 Å². The monoisotopic (exact) mass is 312 g/mol. The van der Waals surface area contributed by atoms with Crippen molar-refractivity contribution in [3.8, 4) is 0 Å². The van der Waals surface area contributed by atoms with Crippen LogP contribution in [0.5, 0.6) is 0 Å². The molecular weight excluding hydrogens is 292 g/mol. The minimum atomic E-state index is -0.610. The lowest BCUT2D eigenvalue weighted by molar-refractivity contribution is -0.125. The van der Waals surface area contributed by atoms with Gasteiger partial charge in [0, 0.05) is 18.5 Å². The third-order valence-corrected chi connectivity index (χ3v) is 3.67. The second-order valence-corrected chi connectivity index (χ2v) is 5.90. The number of carbonyl (C=O) groups is 1. The molecule has 1 aromatic carbocycles. The van der Waals surface area contributed by atoms with Crippen molar-refractivity contribution < 1.29 is 9.63 Å². The van der Waals surface area contributed by atoms with Crippen LogP contribution in [-0.4, -0.2) is 27.5 Å². The van der Waals surface area contributed by atoms with Gasteiger partial charge in [0.1, 0.15) is 5.82 Å². The Balaban J connectivity index is 1.67. The van der Waals surface area contributed by atoms with Crippen molar-refractivity contribution >= 4 is 17.4 Å². The number of aromatic nitrogens is 2. The van der Waals surface area contributed by atoms with Gasteiger partial charge >= 0.3 is 0 Å². The molecule has 0 saturated carbocycles. The van der Waals surface area contributed by atoms with Crippen molar-refractivity contribution in [2.75, 3.05) is 5.32 Å². The quantitative estimate of drug-likeness (QED) is 0.944. The Labute approximate surface area is 135 Å². The van der Waals surface area contributed by atoms with E-state index in [0.717, 1.165) is 17.0 Å². The Morgan fingerprint density at radius 2 is 2.09 bits per heavy atom. The van der Waals surface area contributed by atoms with Gasteiger partial charge in [-0.15, -0.1) is 0 Å². The Kier molecular flexibility index (Phi) is 4.14. The third-order valence-electron chi connectivity index (χ3n) is 3.67. The van der Waals surface area contributed by atoms with Crippen molar-refractivity contribution in [1.29, 1.82) is 0 Å². The standard InChI is InChI=1S/C17H20N4O2/c1-11(2)21-16(9-12(3)19-21)18-17(22)15-10-14(20-23-15)13-7-5-4-6-8-13/h4-9,11,15H,10H2,1-3H3,(H,18,22). The number of anilines is 1. The van der Waals surface area contributed by atoms with Gasteiger partial charge < -0.3 is 10.2 Å². The molecule has 0 fully saturated rings. The number of amides is 1. The van der Waals surface area contributed by atoms with E-state index < -0.39 is 6.10 Å². The van der Waals surface area contributed by atoms with E-state index in [9.17, 15) is 4.79 Å². The van der Waals surface area contributed by atoms with Gasteiger partial charge in [0.05, 0.1) is 11.4 Å². The Morgan fingerprint density at radius 1 is 1.35 bits per heavy atom. The summed E-state index contributed by atoms with van der Waals surface area (Å²) in [5.74, 6) is 0.473. The predicted molar refractivity (Wildman–Crippen MR) is 88.4 cm³/mol. The van der Waals surface area contributed by atoms with Crippen LogP contribution >= 0.6 is 0 Å². The maximum Gasteiger partial charge on any atom is 0.269 e. The van der Waals surface area contributed by atoms with E-state index in [1.165, 1.54) is 0 Å². The minimum Gasteiger partial charge on any atom is -0.382 e. The van der Waals surface area contributed by atoms with Crippen LogP contribution in [0.15, 0.2) is 41.6 Å². The molecule has 23 heavy (non-hydrogen) atoms. The van der Waals surface area contributed by atoms with Crippen LogP contribution in [0.1, 0.15) is 37.6 Å². The van der Waals surface area contributed by atoms with E-state index in [-0.39, 0.29) is 11.9 Å². The summed E-state index contributed by atoms with van der Waals surface area (Å²) in [6.45, 7) is 5.94. The van der Waals surface area contributed by atoms with E-state index in [0.29, 0.717) is 12.2 Å². The van der Waals surface area contributed by atoms with Gasteiger partial charge in [-0.05, 0) is 26.3 Å². The predicted octanol–water partition coefficient (Wildman–Crippen LogP) is 2.90. The summed E-state index contributed by atoms with van der Waals surface area (Å²) in [6, 6.07) is 11.8. The van der Waals surface area contributed by atoms with Gasteiger partial charge in [-0.2, -0.15) is 5.10 Å². The molecule has 1 aromatic heterocycles. The van der Waals surface area contributed by atoms with Gasteiger partial charge in [-0.3, -0.25) is 4.79 Å². The van der Waals surface area contributed by atoms with E-state index >= 15 is 0 Å². The van der Waals surface area contributed by atoms with Gasteiger partial charge in [0.2, 0.25) is 6.10 Å². The number of nitrogens with one attached hydrogen (secondary N) is 1. The molecule has 1 aliphatic heterocycles. The number of benzene rings is 1. The normalized spacial score (nSPS) is 17.0. The number of aryl methyl sites for hydroxylation is 1. The van der Waals surface area contributed by atoms with Crippen molar-refractivity contribution in [2.45, 2.75) is 39.3 Å². The minimum absolute atomic E-state index is 0.166. The molecule has 0 aliphatic carbocycles. The maximum absolute atomic E-state index is 12.4. The molecule has 0 spiro atoms. The molecule has 2 heterocycles. The molecule has 0 bridgehead atoms. The van der Waals surface area contributed by atoms with E-state index in [4.69, 9.17) is 4.84 Å². The SMILES string of the molecule is Cc1cc(NC(=O)C2CC(c3ccccc3)=NO2)n(C(C)C)n1. The summed E-state index contributed by atoms with van der Waals surface area (Å²) < 4.78 is 1.79. The average Bonchev–Trinajstić information content (AvgIpc) is 3.15. The number of hydrogen-bond donors (Lipinski definition) is 1. The van der Waals surface area contributed by atoms with Crippen molar-refractivity contribution in [2.24, 2.45) is 5.16 Å². The van der Waals surface area contributed by atoms with Gasteiger partial charge in [-0.1, -0.05) is 35.5 Å². The zero-order valence-corrected chi connectivity index (χ0v) is 13.5. The Hall–Kier alpha value is -2.63. The Morgan fingerprint density at radius 3 is 2.78 bits per heavy atom. The first-order chi connectivity index (χ1) is 11.0. The molecule has 6 nitrogen and oxygen atoms in total. The molecule has 0 radical (unpaired) electrons.